The smallest absolute Gasteiger partial charge is 0.326 e. The highest BCUT2D eigenvalue weighted by atomic mass is 32.2. The minimum atomic E-state index is -1.03. The molecule has 1 aliphatic carbocycles. The average molecular weight is 565 g/mol. The second kappa shape index (κ2) is 15.1. The summed E-state index contributed by atoms with van der Waals surface area (Å²) in [6.07, 6.45) is 13.8. The van der Waals surface area contributed by atoms with E-state index in [1.54, 1.807) is 24.0 Å². The third-order valence-corrected chi connectivity index (χ3v) is 8.40. The minimum absolute atomic E-state index is 0.193. The van der Waals surface area contributed by atoms with Crippen LogP contribution in [-0.4, -0.2) is 40.0 Å². The van der Waals surface area contributed by atoms with Gasteiger partial charge in [-0.1, -0.05) is 62.4 Å². The van der Waals surface area contributed by atoms with E-state index in [9.17, 15) is 14.7 Å². The molecule has 2 aromatic carbocycles. The fraction of sp³-hybridized carbons (Fsp3) is 0.469. The molecule has 4 rings (SSSR count). The molecule has 2 atom stereocenters. The van der Waals surface area contributed by atoms with E-state index < -0.39 is 17.9 Å². The van der Waals surface area contributed by atoms with Crippen molar-refractivity contribution in [3.8, 4) is 11.1 Å². The molecule has 2 N–H and O–H groups in total. The Morgan fingerprint density at radius 3 is 2.62 bits per heavy atom. The molecule has 1 unspecified atom stereocenters. The standard InChI is InChI=1S/C32H40N2O5S/c1-22-8-6-7-11-25(22)27-18-24(12-14-26(27)31(35)34-28(32(36)37)16-17-40-2)20-38-29(30-19-33-21-39-30)15-13-23-9-4-3-5-10-23/h6-8,11-12,14,18-19,21,23,28-29H,3-5,9-10,13,15-17,20H2,1-2H3,(H,34,35)(H,36,37)/t28-,29?/m0/s1. The van der Waals surface area contributed by atoms with Gasteiger partial charge in [0, 0.05) is 5.56 Å². The maximum atomic E-state index is 13.4. The van der Waals surface area contributed by atoms with E-state index in [1.165, 1.54) is 38.5 Å². The quantitative estimate of drug-likeness (QED) is 0.213. The third-order valence-electron chi connectivity index (χ3n) is 7.76. The number of oxazole rings is 1. The zero-order valence-electron chi connectivity index (χ0n) is 23.4. The van der Waals surface area contributed by atoms with Crippen LogP contribution in [0.3, 0.4) is 0 Å². The Kier molecular flexibility index (Phi) is 11.2. The van der Waals surface area contributed by atoms with Gasteiger partial charge in [-0.05, 0) is 78.5 Å². The van der Waals surface area contributed by atoms with E-state index in [4.69, 9.17) is 9.15 Å². The lowest BCUT2D eigenvalue weighted by molar-refractivity contribution is -0.139. The Hall–Kier alpha value is -3.10. The Bertz CT molecular complexity index is 1240. The number of aryl methyl sites for hydroxylation is 1. The predicted molar refractivity (Wildman–Crippen MR) is 158 cm³/mol. The topological polar surface area (TPSA) is 102 Å². The van der Waals surface area contributed by atoms with E-state index >= 15 is 0 Å². The van der Waals surface area contributed by atoms with Crippen molar-refractivity contribution in [2.24, 2.45) is 5.92 Å². The number of carboxylic acid groups (broad SMARTS) is 1. The molecule has 0 saturated heterocycles. The number of carbonyl (C=O) groups excluding carboxylic acids is 1. The van der Waals surface area contributed by atoms with Crippen molar-refractivity contribution in [2.45, 2.75) is 77.0 Å². The molecule has 40 heavy (non-hydrogen) atoms. The number of carboxylic acids is 1. The molecule has 1 saturated carbocycles. The SMILES string of the molecule is CSCC[C@H](NC(=O)c1ccc(COC(CCC2CCCCC2)c2cnco2)cc1-c1ccccc1C)C(=O)O. The van der Waals surface area contributed by atoms with Crippen molar-refractivity contribution in [1.29, 1.82) is 0 Å². The van der Waals surface area contributed by atoms with Gasteiger partial charge < -0.3 is 19.6 Å². The molecular formula is C32H40N2O5S. The van der Waals surface area contributed by atoms with Crippen LogP contribution in [0.15, 0.2) is 59.5 Å². The predicted octanol–water partition coefficient (Wildman–Crippen LogP) is 7.20. The maximum Gasteiger partial charge on any atom is 0.326 e. The van der Waals surface area contributed by atoms with Crippen molar-refractivity contribution in [1.82, 2.24) is 10.3 Å². The number of nitrogens with zero attached hydrogens (tertiary/aromatic N) is 1. The van der Waals surface area contributed by atoms with Crippen molar-refractivity contribution in [3.05, 3.63) is 77.5 Å². The van der Waals surface area contributed by atoms with Gasteiger partial charge >= 0.3 is 5.97 Å². The number of aromatic nitrogens is 1. The lowest BCUT2D eigenvalue weighted by Crippen LogP contribution is -2.41. The molecule has 1 fully saturated rings. The molecule has 214 valence electrons. The molecular weight excluding hydrogens is 524 g/mol. The number of aliphatic carboxylic acids is 1. The number of hydrogen-bond acceptors (Lipinski definition) is 6. The largest absolute Gasteiger partial charge is 0.480 e. The molecule has 0 spiro atoms. The van der Waals surface area contributed by atoms with Crippen molar-refractivity contribution in [2.75, 3.05) is 12.0 Å². The highest BCUT2D eigenvalue weighted by Crippen LogP contribution is 2.33. The van der Waals surface area contributed by atoms with Gasteiger partial charge in [0.2, 0.25) is 0 Å². The molecule has 1 heterocycles. The Labute approximate surface area is 241 Å². The monoisotopic (exact) mass is 564 g/mol. The van der Waals surface area contributed by atoms with Gasteiger partial charge in [0.15, 0.2) is 12.2 Å². The fourth-order valence-electron chi connectivity index (χ4n) is 5.46. The van der Waals surface area contributed by atoms with Crippen molar-refractivity contribution < 1.29 is 23.8 Å². The molecule has 7 nitrogen and oxygen atoms in total. The van der Waals surface area contributed by atoms with Gasteiger partial charge in [0.05, 0.1) is 12.8 Å². The number of hydrogen-bond donors (Lipinski definition) is 2. The first kappa shape index (κ1) is 29.9. The van der Waals surface area contributed by atoms with Crippen LogP contribution < -0.4 is 5.32 Å². The molecule has 0 bridgehead atoms. The fourth-order valence-corrected chi connectivity index (χ4v) is 5.93. The molecule has 0 aliphatic heterocycles. The minimum Gasteiger partial charge on any atom is -0.480 e. The van der Waals surface area contributed by atoms with Crippen LogP contribution in [0.5, 0.6) is 0 Å². The second-order valence-corrected chi connectivity index (χ2v) is 11.6. The van der Waals surface area contributed by atoms with Gasteiger partial charge in [-0.2, -0.15) is 11.8 Å². The van der Waals surface area contributed by atoms with Crippen LogP contribution in [-0.2, 0) is 16.1 Å². The van der Waals surface area contributed by atoms with E-state index in [0.717, 1.165) is 46.8 Å². The van der Waals surface area contributed by atoms with E-state index in [-0.39, 0.29) is 6.10 Å². The van der Waals surface area contributed by atoms with Crippen LogP contribution in [0.2, 0.25) is 0 Å². The first-order chi connectivity index (χ1) is 19.5. The number of thioether (sulfide) groups is 1. The van der Waals surface area contributed by atoms with Gasteiger partial charge in [0.1, 0.15) is 12.1 Å². The molecule has 8 heteroatoms. The highest BCUT2D eigenvalue weighted by molar-refractivity contribution is 7.98. The summed E-state index contributed by atoms with van der Waals surface area (Å²) in [5, 5.41) is 12.4. The number of rotatable bonds is 14. The first-order valence-corrected chi connectivity index (χ1v) is 15.6. The van der Waals surface area contributed by atoms with Crippen LogP contribution in [0.1, 0.15) is 84.7 Å². The van der Waals surface area contributed by atoms with Crippen LogP contribution in [0, 0.1) is 12.8 Å². The summed E-state index contributed by atoms with van der Waals surface area (Å²) in [5.41, 5.74) is 4.07. The van der Waals surface area contributed by atoms with Crippen molar-refractivity contribution in [3.63, 3.8) is 0 Å². The highest BCUT2D eigenvalue weighted by Gasteiger charge is 2.24. The Morgan fingerprint density at radius 1 is 1.12 bits per heavy atom. The molecule has 1 aliphatic rings. The number of ether oxygens (including phenoxy) is 1. The average Bonchev–Trinajstić information content (AvgIpc) is 3.51. The first-order valence-electron chi connectivity index (χ1n) is 14.2. The molecule has 1 amide bonds. The summed E-state index contributed by atoms with van der Waals surface area (Å²) in [4.78, 5) is 29.3. The van der Waals surface area contributed by atoms with Gasteiger partial charge in [0.25, 0.3) is 5.91 Å². The zero-order chi connectivity index (χ0) is 28.3. The van der Waals surface area contributed by atoms with E-state index in [2.05, 4.69) is 10.3 Å². The number of carbonyl (C=O) groups is 2. The second-order valence-electron chi connectivity index (χ2n) is 10.6. The van der Waals surface area contributed by atoms with E-state index in [1.807, 2.05) is 49.6 Å². The van der Waals surface area contributed by atoms with Gasteiger partial charge in [-0.15, -0.1) is 0 Å². The zero-order valence-corrected chi connectivity index (χ0v) is 24.3. The van der Waals surface area contributed by atoms with Gasteiger partial charge in [-0.25, -0.2) is 9.78 Å². The lowest BCUT2D eigenvalue weighted by atomic mass is 9.85. The van der Waals surface area contributed by atoms with E-state index in [0.29, 0.717) is 24.3 Å². The Balaban J connectivity index is 1.54. The van der Waals surface area contributed by atoms with Crippen LogP contribution >= 0.6 is 11.8 Å². The van der Waals surface area contributed by atoms with Gasteiger partial charge in [-0.3, -0.25) is 4.79 Å². The van der Waals surface area contributed by atoms with Crippen LogP contribution in [0.4, 0.5) is 0 Å². The van der Waals surface area contributed by atoms with Crippen molar-refractivity contribution >= 4 is 23.6 Å². The number of amides is 1. The van der Waals surface area contributed by atoms with Crippen LogP contribution in [0.25, 0.3) is 11.1 Å². The lowest BCUT2D eigenvalue weighted by Gasteiger charge is -2.24. The molecule has 0 radical (unpaired) electrons. The summed E-state index contributed by atoms with van der Waals surface area (Å²) in [6, 6.07) is 12.6. The Morgan fingerprint density at radius 2 is 1.93 bits per heavy atom. The number of benzene rings is 2. The summed E-state index contributed by atoms with van der Waals surface area (Å²) in [6.45, 7) is 2.35. The molecule has 3 aromatic rings. The summed E-state index contributed by atoms with van der Waals surface area (Å²) in [7, 11) is 0. The maximum absolute atomic E-state index is 13.4. The normalized spacial score (nSPS) is 15.4. The summed E-state index contributed by atoms with van der Waals surface area (Å²) >= 11 is 1.55. The third kappa shape index (κ3) is 8.21. The summed E-state index contributed by atoms with van der Waals surface area (Å²) < 4.78 is 12.0. The summed E-state index contributed by atoms with van der Waals surface area (Å²) in [5.74, 6) is 0.683. The number of nitrogens with one attached hydrogen (secondary N) is 1. The molecule has 1 aromatic heterocycles.